The van der Waals surface area contributed by atoms with E-state index in [2.05, 4.69) is 20.2 Å². The summed E-state index contributed by atoms with van der Waals surface area (Å²) in [5.74, 6) is 0.932. The number of amides is 1. The zero-order valence-corrected chi connectivity index (χ0v) is 17.8. The number of anilines is 2. The van der Waals surface area contributed by atoms with Crippen LogP contribution in [0.4, 0.5) is 20.4 Å². The molecule has 1 saturated heterocycles. The van der Waals surface area contributed by atoms with Crippen LogP contribution in [0.3, 0.4) is 0 Å². The van der Waals surface area contributed by atoms with E-state index >= 15 is 0 Å². The van der Waals surface area contributed by atoms with Crippen molar-refractivity contribution in [2.75, 3.05) is 23.3 Å². The Hall–Kier alpha value is -3.87. The second-order valence-electron chi connectivity index (χ2n) is 8.03. The van der Waals surface area contributed by atoms with E-state index in [1.807, 2.05) is 36.4 Å². The number of hydrogen-bond donors (Lipinski definition) is 1. The summed E-state index contributed by atoms with van der Waals surface area (Å²) in [7, 11) is 0. The maximum absolute atomic E-state index is 13.2. The fourth-order valence-corrected chi connectivity index (χ4v) is 4.14. The number of fused-ring (bicyclic) bond motifs is 1. The van der Waals surface area contributed by atoms with Gasteiger partial charge in [0.1, 0.15) is 17.3 Å². The molecule has 0 aliphatic carbocycles. The molecule has 0 bridgehead atoms. The Bertz CT molecular complexity index is 1320. The zero-order chi connectivity index (χ0) is 22.8. The number of aromatic nitrogens is 2. The van der Waals surface area contributed by atoms with Crippen LogP contribution in [-0.2, 0) is 0 Å². The van der Waals surface area contributed by atoms with Crippen LogP contribution in [0, 0.1) is 0 Å². The van der Waals surface area contributed by atoms with Crippen molar-refractivity contribution in [2.45, 2.75) is 19.3 Å². The lowest BCUT2D eigenvalue weighted by molar-refractivity contribution is 0.102. The van der Waals surface area contributed by atoms with Gasteiger partial charge in [0.2, 0.25) is 0 Å². The van der Waals surface area contributed by atoms with E-state index in [4.69, 9.17) is 0 Å². The van der Waals surface area contributed by atoms with E-state index in [1.165, 1.54) is 12.1 Å². The number of carbonyl (C=O) groups is 1. The van der Waals surface area contributed by atoms with Crippen molar-refractivity contribution in [3.8, 4) is 11.1 Å². The van der Waals surface area contributed by atoms with Gasteiger partial charge in [0, 0.05) is 29.6 Å². The number of nitrogens with zero attached hydrogens (tertiary/aromatic N) is 3. The van der Waals surface area contributed by atoms with Crippen LogP contribution in [-0.4, -0.2) is 29.0 Å². The Balaban J connectivity index is 1.46. The smallest absolute Gasteiger partial charge is 0.275 e. The molecule has 166 valence electrons. The van der Waals surface area contributed by atoms with Gasteiger partial charge >= 0.3 is 0 Å². The number of carbonyl (C=O) groups excluding carboxylic acids is 1. The van der Waals surface area contributed by atoms with Crippen molar-refractivity contribution in [2.24, 2.45) is 0 Å². The molecule has 1 N–H and O–H groups in total. The van der Waals surface area contributed by atoms with Crippen molar-refractivity contribution in [1.82, 2.24) is 9.97 Å². The molecule has 0 saturated carbocycles. The first-order chi connectivity index (χ1) is 16.1. The maximum Gasteiger partial charge on any atom is 0.275 e. The highest BCUT2D eigenvalue weighted by Gasteiger charge is 2.16. The largest absolute Gasteiger partial charge is 0.357 e. The minimum absolute atomic E-state index is 0.0534. The topological polar surface area (TPSA) is 58.1 Å². The molecular weight excluding hydrogens is 422 g/mol. The van der Waals surface area contributed by atoms with E-state index in [1.54, 1.807) is 24.3 Å². The van der Waals surface area contributed by atoms with Crippen molar-refractivity contribution < 1.29 is 13.6 Å². The van der Waals surface area contributed by atoms with Crippen LogP contribution in [0.2, 0.25) is 0 Å². The molecule has 7 heteroatoms. The average molecular weight is 444 g/mol. The molecule has 1 amide bonds. The molecule has 1 aliphatic rings. The summed E-state index contributed by atoms with van der Waals surface area (Å²) in [6.45, 7) is 1.93. The summed E-state index contributed by atoms with van der Waals surface area (Å²) >= 11 is 0. The molecule has 0 spiro atoms. The lowest BCUT2D eigenvalue weighted by Gasteiger charge is -2.17. The summed E-state index contributed by atoms with van der Waals surface area (Å²) in [6, 6.07) is 20.8. The summed E-state index contributed by atoms with van der Waals surface area (Å²) in [6.07, 6.45) is -0.276. The minimum atomic E-state index is -2.56. The second-order valence-corrected chi connectivity index (χ2v) is 8.03. The molecule has 0 atom stereocenters. The van der Waals surface area contributed by atoms with E-state index in [9.17, 15) is 13.6 Å². The first kappa shape index (κ1) is 21.0. The number of halogens is 2. The van der Waals surface area contributed by atoms with Gasteiger partial charge in [-0.2, -0.15) is 0 Å². The second kappa shape index (κ2) is 8.94. The molecule has 1 fully saturated rings. The standard InChI is InChI=1S/C26H22F2N4O/c27-25(28)19-8-3-7-18(16-19)20-9-4-6-17-12-13-21(29-24(17)20)26(33)31-22-10-5-11-23(30-22)32-14-1-2-15-32/h3-13,16,25H,1-2,14-15H2,(H,30,31,33). The Morgan fingerprint density at radius 2 is 1.70 bits per heavy atom. The molecule has 1 aliphatic heterocycles. The number of alkyl halides is 2. The highest BCUT2D eigenvalue weighted by molar-refractivity contribution is 6.05. The summed E-state index contributed by atoms with van der Waals surface area (Å²) < 4.78 is 26.4. The predicted octanol–water partition coefficient (Wildman–Crippen LogP) is 6.09. The van der Waals surface area contributed by atoms with Gasteiger partial charge in [0.25, 0.3) is 12.3 Å². The third kappa shape index (κ3) is 4.39. The van der Waals surface area contributed by atoms with Gasteiger partial charge in [0.05, 0.1) is 5.52 Å². The van der Waals surface area contributed by atoms with E-state index in [-0.39, 0.29) is 17.2 Å². The Morgan fingerprint density at radius 1 is 0.909 bits per heavy atom. The summed E-state index contributed by atoms with van der Waals surface area (Å²) in [5, 5.41) is 3.65. The van der Waals surface area contributed by atoms with Crippen molar-refractivity contribution in [3.63, 3.8) is 0 Å². The van der Waals surface area contributed by atoms with Gasteiger partial charge < -0.3 is 10.2 Å². The van der Waals surface area contributed by atoms with Gasteiger partial charge in [-0.25, -0.2) is 18.7 Å². The molecule has 5 rings (SSSR count). The summed E-state index contributed by atoms with van der Waals surface area (Å²) in [5.41, 5.74) is 2.08. The van der Waals surface area contributed by atoms with Crippen LogP contribution >= 0.6 is 0 Å². The van der Waals surface area contributed by atoms with Crippen molar-refractivity contribution in [3.05, 3.63) is 84.1 Å². The number of benzene rings is 2. The number of rotatable bonds is 5. The van der Waals surface area contributed by atoms with Crippen LogP contribution in [0.15, 0.2) is 72.8 Å². The van der Waals surface area contributed by atoms with Gasteiger partial charge in [-0.1, -0.05) is 48.5 Å². The van der Waals surface area contributed by atoms with Crippen LogP contribution in [0.1, 0.15) is 35.3 Å². The predicted molar refractivity (Wildman–Crippen MR) is 126 cm³/mol. The van der Waals surface area contributed by atoms with Gasteiger partial charge in [-0.05, 0) is 42.7 Å². The molecule has 3 heterocycles. The van der Waals surface area contributed by atoms with Crippen molar-refractivity contribution >= 4 is 28.4 Å². The SMILES string of the molecule is O=C(Nc1cccc(N2CCCC2)n1)c1ccc2cccc(-c3cccc(C(F)F)c3)c2n1. The number of pyridine rings is 2. The molecule has 4 aromatic rings. The Labute approximate surface area is 190 Å². The van der Waals surface area contributed by atoms with Gasteiger partial charge in [-0.15, -0.1) is 0 Å². The van der Waals surface area contributed by atoms with Crippen molar-refractivity contribution in [1.29, 1.82) is 0 Å². The first-order valence-corrected chi connectivity index (χ1v) is 10.9. The van der Waals surface area contributed by atoms with E-state index < -0.39 is 6.43 Å². The molecule has 0 radical (unpaired) electrons. The maximum atomic E-state index is 13.2. The third-order valence-electron chi connectivity index (χ3n) is 5.81. The van der Waals surface area contributed by atoms with Crippen LogP contribution in [0.25, 0.3) is 22.0 Å². The highest BCUT2D eigenvalue weighted by atomic mass is 19.3. The number of para-hydroxylation sites is 1. The lowest BCUT2D eigenvalue weighted by atomic mass is 10.00. The normalized spacial score (nSPS) is 13.6. The fourth-order valence-electron chi connectivity index (χ4n) is 4.14. The van der Waals surface area contributed by atoms with Crippen LogP contribution < -0.4 is 10.2 Å². The monoisotopic (exact) mass is 444 g/mol. The fraction of sp³-hybridized carbons (Fsp3) is 0.192. The lowest BCUT2D eigenvalue weighted by Crippen LogP contribution is -2.20. The molecule has 2 aromatic heterocycles. The Kier molecular flexibility index (Phi) is 5.69. The van der Waals surface area contributed by atoms with E-state index in [0.717, 1.165) is 37.1 Å². The molecule has 0 unspecified atom stereocenters. The molecule has 2 aromatic carbocycles. The highest BCUT2D eigenvalue weighted by Crippen LogP contribution is 2.30. The summed E-state index contributed by atoms with van der Waals surface area (Å²) in [4.78, 5) is 24.3. The number of hydrogen-bond acceptors (Lipinski definition) is 4. The first-order valence-electron chi connectivity index (χ1n) is 10.9. The third-order valence-corrected chi connectivity index (χ3v) is 5.81. The quantitative estimate of drug-likeness (QED) is 0.405. The van der Waals surface area contributed by atoms with Gasteiger partial charge in [0.15, 0.2) is 0 Å². The molecular formula is C26H22F2N4O. The average Bonchev–Trinajstić information content (AvgIpc) is 3.39. The number of nitrogens with one attached hydrogen (secondary N) is 1. The van der Waals surface area contributed by atoms with E-state index in [0.29, 0.717) is 22.5 Å². The molecule has 5 nitrogen and oxygen atoms in total. The minimum Gasteiger partial charge on any atom is -0.357 e. The van der Waals surface area contributed by atoms with Gasteiger partial charge in [-0.3, -0.25) is 4.79 Å². The Morgan fingerprint density at radius 3 is 2.52 bits per heavy atom. The van der Waals surface area contributed by atoms with Crippen LogP contribution in [0.5, 0.6) is 0 Å². The molecule has 33 heavy (non-hydrogen) atoms. The zero-order valence-electron chi connectivity index (χ0n) is 17.8.